The summed E-state index contributed by atoms with van der Waals surface area (Å²) >= 11 is 6.07. The second-order valence-corrected chi connectivity index (χ2v) is 8.61. The first-order chi connectivity index (χ1) is 15.4. The molecule has 0 spiro atoms. The van der Waals surface area contributed by atoms with Crippen molar-refractivity contribution in [2.24, 2.45) is 10.1 Å². The van der Waals surface area contributed by atoms with Gasteiger partial charge in [0, 0.05) is 44.3 Å². The van der Waals surface area contributed by atoms with Crippen molar-refractivity contribution in [2.75, 3.05) is 60.0 Å². The molecule has 3 amide bonds. The summed E-state index contributed by atoms with van der Waals surface area (Å²) in [4.78, 5) is 35.2. The van der Waals surface area contributed by atoms with E-state index in [0.29, 0.717) is 29.9 Å². The third-order valence-corrected chi connectivity index (χ3v) is 6.46. The van der Waals surface area contributed by atoms with Crippen molar-refractivity contribution in [1.82, 2.24) is 19.7 Å². The van der Waals surface area contributed by atoms with Gasteiger partial charge in [0.25, 0.3) is 5.91 Å². The fraction of sp³-hybridized carbons (Fsp3) is 0.476. The number of ether oxygens (including phenoxy) is 1. The van der Waals surface area contributed by atoms with Crippen molar-refractivity contribution < 1.29 is 18.9 Å². The first kappa shape index (κ1) is 21.0. The predicted molar refractivity (Wildman–Crippen MR) is 119 cm³/mol. The molecule has 0 aliphatic carbocycles. The van der Waals surface area contributed by atoms with Gasteiger partial charge in [0.1, 0.15) is 18.8 Å². The monoisotopic (exact) mass is 458 g/mol. The lowest BCUT2D eigenvalue weighted by atomic mass is 10.1. The number of halogens is 1. The molecule has 0 radical (unpaired) electrons. The molecule has 11 heteroatoms. The Balaban J connectivity index is 1.48. The molecule has 0 bridgehead atoms. The molecule has 4 aliphatic rings. The lowest BCUT2D eigenvalue weighted by Gasteiger charge is -2.32. The SMILES string of the molecule is CN1C(=O)C2C(=NC3=[N+]2CC(c2ccc(Cl)cc2)=NN3CCN2CCOCC2)N(C)C1=O. The molecule has 0 aromatic heterocycles. The summed E-state index contributed by atoms with van der Waals surface area (Å²) in [6.45, 7) is 4.99. The van der Waals surface area contributed by atoms with Gasteiger partial charge in [-0.25, -0.2) is 9.37 Å². The van der Waals surface area contributed by atoms with Gasteiger partial charge in [-0.1, -0.05) is 28.7 Å². The number of rotatable bonds is 4. The Hall–Kier alpha value is -2.82. The summed E-state index contributed by atoms with van der Waals surface area (Å²) in [5.41, 5.74) is 1.75. The summed E-state index contributed by atoms with van der Waals surface area (Å²) in [6, 6.07) is 6.47. The first-order valence-electron chi connectivity index (χ1n) is 10.6. The number of morpholine rings is 1. The Labute approximate surface area is 191 Å². The maximum Gasteiger partial charge on any atom is 0.416 e. The van der Waals surface area contributed by atoms with E-state index in [9.17, 15) is 9.59 Å². The molecule has 4 aliphatic heterocycles. The van der Waals surface area contributed by atoms with Crippen LogP contribution in [-0.2, 0) is 9.53 Å². The number of amides is 3. The fourth-order valence-electron chi connectivity index (χ4n) is 4.34. The predicted octanol–water partition coefficient (Wildman–Crippen LogP) is 0.365. The minimum absolute atomic E-state index is 0.285. The van der Waals surface area contributed by atoms with E-state index in [0.717, 1.165) is 49.0 Å². The van der Waals surface area contributed by atoms with Gasteiger partial charge in [-0.15, -0.1) is 10.1 Å². The van der Waals surface area contributed by atoms with Crippen LogP contribution >= 0.6 is 11.6 Å². The second kappa shape index (κ2) is 8.27. The number of aliphatic imine (C=N–C) groups is 1. The smallest absolute Gasteiger partial charge is 0.379 e. The Morgan fingerprint density at radius 2 is 1.81 bits per heavy atom. The minimum atomic E-state index is -0.651. The zero-order valence-electron chi connectivity index (χ0n) is 18.1. The highest BCUT2D eigenvalue weighted by atomic mass is 35.5. The quantitative estimate of drug-likeness (QED) is 0.608. The van der Waals surface area contributed by atoms with Gasteiger partial charge in [0.05, 0.1) is 13.2 Å². The summed E-state index contributed by atoms with van der Waals surface area (Å²) < 4.78 is 7.38. The van der Waals surface area contributed by atoms with Crippen molar-refractivity contribution in [3.8, 4) is 0 Å². The fourth-order valence-corrected chi connectivity index (χ4v) is 4.47. The van der Waals surface area contributed by atoms with Crippen LogP contribution in [-0.4, -0.2) is 120 Å². The van der Waals surface area contributed by atoms with Crippen LogP contribution in [0.5, 0.6) is 0 Å². The normalized spacial score (nSPS) is 24.0. The number of fused-ring (bicyclic) bond motifs is 2. The molecule has 1 aromatic carbocycles. The van der Waals surface area contributed by atoms with Crippen LogP contribution in [0.3, 0.4) is 0 Å². The highest BCUT2D eigenvalue weighted by Crippen LogP contribution is 2.23. The van der Waals surface area contributed by atoms with Crippen LogP contribution in [0, 0.1) is 0 Å². The van der Waals surface area contributed by atoms with Gasteiger partial charge in [0.2, 0.25) is 11.9 Å². The maximum absolute atomic E-state index is 13.1. The second-order valence-electron chi connectivity index (χ2n) is 8.17. The molecular formula is C21H25ClN7O3+. The number of hydrogen-bond acceptors (Lipinski definition) is 7. The van der Waals surface area contributed by atoms with Crippen LogP contribution < -0.4 is 0 Å². The number of carbonyl (C=O) groups is 2. The van der Waals surface area contributed by atoms with Crippen molar-refractivity contribution >= 4 is 41.0 Å². The Kier molecular flexibility index (Phi) is 5.44. The van der Waals surface area contributed by atoms with Crippen LogP contribution in [0.4, 0.5) is 4.79 Å². The largest absolute Gasteiger partial charge is 0.416 e. The number of urea groups is 1. The zero-order valence-corrected chi connectivity index (χ0v) is 18.8. The molecule has 10 nitrogen and oxygen atoms in total. The van der Waals surface area contributed by atoms with E-state index >= 15 is 0 Å². The number of nitrogens with zero attached hydrogens (tertiary/aromatic N) is 7. The lowest BCUT2D eigenvalue weighted by Crippen LogP contribution is -2.62. The highest BCUT2D eigenvalue weighted by Gasteiger charge is 2.54. The van der Waals surface area contributed by atoms with Crippen LogP contribution in [0.15, 0.2) is 34.4 Å². The molecule has 4 heterocycles. The van der Waals surface area contributed by atoms with Crippen LogP contribution in [0.1, 0.15) is 5.56 Å². The van der Waals surface area contributed by atoms with Gasteiger partial charge in [0.15, 0.2) is 0 Å². The maximum atomic E-state index is 13.1. The summed E-state index contributed by atoms with van der Waals surface area (Å²) in [5, 5.41) is 7.39. The minimum Gasteiger partial charge on any atom is -0.379 e. The first-order valence-corrected chi connectivity index (χ1v) is 11.0. The molecule has 1 unspecified atom stereocenters. The van der Waals surface area contributed by atoms with Crippen molar-refractivity contribution in [1.29, 1.82) is 0 Å². The van der Waals surface area contributed by atoms with Crippen LogP contribution in [0.25, 0.3) is 0 Å². The number of guanidine groups is 1. The molecule has 1 aromatic rings. The molecule has 0 saturated carbocycles. The summed E-state index contributed by atoms with van der Waals surface area (Å²) in [5.74, 6) is 0.753. The highest BCUT2D eigenvalue weighted by molar-refractivity contribution is 6.30. The van der Waals surface area contributed by atoms with E-state index < -0.39 is 6.04 Å². The molecule has 168 valence electrons. The van der Waals surface area contributed by atoms with Gasteiger partial charge in [-0.2, -0.15) is 0 Å². The molecule has 2 saturated heterocycles. The van der Waals surface area contributed by atoms with E-state index in [-0.39, 0.29) is 11.9 Å². The molecule has 2 fully saturated rings. The van der Waals surface area contributed by atoms with Crippen molar-refractivity contribution in [3.63, 3.8) is 0 Å². The van der Waals surface area contributed by atoms with Gasteiger partial charge in [-0.3, -0.25) is 19.5 Å². The molecule has 1 atom stereocenters. The molecule has 0 N–H and O–H groups in total. The number of carbonyl (C=O) groups excluding carboxylic acids is 2. The number of benzene rings is 1. The summed E-state index contributed by atoms with van der Waals surface area (Å²) in [6.07, 6.45) is 0. The van der Waals surface area contributed by atoms with Gasteiger partial charge >= 0.3 is 12.0 Å². The van der Waals surface area contributed by atoms with Crippen LogP contribution in [0.2, 0.25) is 5.02 Å². The number of hydrazone groups is 1. The van der Waals surface area contributed by atoms with E-state index in [1.165, 1.54) is 11.9 Å². The standard InChI is InChI=1S/C21H25ClN7O3/c1-25-18-17(19(30)26(2)21(25)31)28-13-16(14-3-5-15(22)6-4-14)24-29(20(28)23-18)8-7-27-9-11-32-12-10-27/h3-6,17H,7-13H2,1-2H3/q+1. The van der Waals surface area contributed by atoms with Gasteiger partial charge < -0.3 is 4.74 Å². The number of likely N-dealkylation sites (N-methyl/N-ethyl adjacent to an activating group) is 2. The van der Waals surface area contributed by atoms with Gasteiger partial charge in [-0.05, 0) is 12.1 Å². The third-order valence-electron chi connectivity index (χ3n) is 6.21. The average Bonchev–Trinajstić information content (AvgIpc) is 3.21. The Morgan fingerprint density at radius 1 is 1.09 bits per heavy atom. The number of imide groups is 1. The Morgan fingerprint density at radius 3 is 2.53 bits per heavy atom. The van der Waals surface area contributed by atoms with E-state index in [1.807, 2.05) is 33.8 Å². The van der Waals surface area contributed by atoms with E-state index in [2.05, 4.69) is 4.90 Å². The molecule has 5 rings (SSSR count). The van der Waals surface area contributed by atoms with E-state index in [1.54, 1.807) is 7.05 Å². The zero-order chi connectivity index (χ0) is 22.4. The Bertz CT molecular complexity index is 1050. The average molecular weight is 459 g/mol. The lowest BCUT2D eigenvalue weighted by molar-refractivity contribution is -0.527. The third kappa shape index (κ3) is 3.58. The number of amidine groups is 1. The van der Waals surface area contributed by atoms with Crippen molar-refractivity contribution in [2.45, 2.75) is 6.04 Å². The summed E-state index contributed by atoms with van der Waals surface area (Å²) in [7, 11) is 3.15. The van der Waals surface area contributed by atoms with Crippen molar-refractivity contribution in [3.05, 3.63) is 34.9 Å². The molecule has 32 heavy (non-hydrogen) atoms. The molecular weight excluding hydrogens is 434 g/mol. The van der Waals surface area contributed by atoms with E-state index in [4.69, 9.17) is 26.4 Å². The topological polar surface area (TPSA) is 84.1 Å². The number of hydrogen-bond donors (Lipinski definition) is 0.